The lowest BCUT2D eigenvalue weighted by molar-refractivity contribution is -0.115. The van der Waals surface area contributed by atoms with Crippen LogP contribution in [-0.2, 0) is 4.79 Å². The van der Waals surface area contributed by atoms with Crippen molar-refractivity contribution in [3.05, 3.63) is 35.9 Å². The maximum atomic E-state index is 11.4. The lowest BCUT2D eigenvalue weighted by Gasteiger charge is -1.97. The van der Waals surface area contributed by atoms with Crippen LogP contribution in [0.3, 0.4) is 0 Å². The van der Waals surface area contributed by atoms with Gasteiger partial charge in [0.15, 0.2) is 11.6 Å². The minimum atomic E-state index is -0.120. The number of rotatable bonds is 4. The molecule has 0 heterocycles. The number of hydrogen-bond acceptors (Lipinski definition) is 2. The van der Waals surface area contributed by atoms with E-state index < -0.39 is 0 Å². The lowest BCUT2D eigenvalue weighted by Crippen LogP contribution is -2.08. The fourth-order valence-electron chi connectivity index (χ4n) is 0.952. The second kappa shape index (κ2) is 4.92. The molecule has 0 radical (unpaired) electrons. The average Bonchev–Trinajstić information content (AvgIpc) is 2.19. The summed E-state index contributed by atoms with van der Waals surface area (Å²) in [5.74, 6) is -0.209. The van der Waals surface area contributed by atoms with Crippen molar-refractivity contribution in [2.45, 2.75) is 6.42 Å². The zero-order chi connectivity index (χ0) is 9.68. The van der Waals surface area contributed by atoms with Crippen molar-refractivity contribution >= 4 is 27.5 Å². The van der Waals surface area contributed by atoms with Crippen molar-refractivity contribution in [1.29, 1.82) is 0 Å². The average molecular weight is 241 g/mol. The molecule has 2 nitrogen and oxygen atoms in total. The maximum Gasteiger partial charge on any atom is 0.170 e. The summed E-state index contributed by atoms with van der Waals surface area (Å²) in [4.78, 5) is 22.3. The Morgan fingerprint density at radius 1 is 1.15 bits per heavy atom. The van der Waals surface area contributed by atoms with Crippen LogP contribution >= 0.6 is 15.9 Å². The zero-order valence-corrected chi connectivity index (χ0v) is 8.58. The van der Waals surface area contributed by atoms with Crippen LogP contribution in [0.15, 0.2) is 30.3 Å². The molecule has 1 aromatic rings. The molecule has 0 amide bonds. The van der Waals surface area contributed by atoms with Gasteiger partial charge in [-0.25, -0.2) is 0 Å². The van der Waals surface area contributed by atoms with Crippen LogP contribution in [0.2, 0.25) is 0 Å². The van der Waals surface area contributed by atoms with Crippen LogP contribution in [0.5, 0.6) is 0 Å². The third kappa shape index (κ3) is 3.11. The van der Waals surface area contributed by atoms with Crippen LogP contribution in [-0.4, -0.2) is 16.9 Å². The molecule has 3 heteroatoms. The van der Waals surface area contributed by atoms with Gasteiger partial charge in [0.05, 0.1) is 11.8 Å². The first-order valence-electron chi connectivity index (χ1n) is 3.90. The monoisotopic (exact) mass is 240 g/mol. The normalized spacial score (nSPS) is 9.62. The standard InChI is InChI=1S/C10H9BrO2/c11-7-9(12)6-10(13)8-4-2-1-3-5-8/h1-5H,6-7H2. The molecule has 13 heavy (non-hydrogen) atoms. The molecule has 0 saturated carbocycles. The molecule has 0 bridgehead atoms. The molecule has 0 aromatic heterocycles. The predicted molar refractivity (Wildman–Crippen MR) is 54.2 cm³/mol. The van der Waals surface area contributed by atoms with Crippen LogP contribution in [0, 0.1) is 0 Å². The summed E-state index contributed by atoms with van der Waals surface area (Å²) < 4.78 is 0. The van der Waals surface area contributed by atoms with Crippen LogP contribution < -0.4 is 0 Å². The Hall–Kier alpha value is -0.960. The lowest BCUT2D eigenvalue weighted by atomic mass is 10.1. The number of hydrogen-bond donors (Lipinski definition) is 0. The molecule has 0 aliphatic rings. The van der Waals surface area contributed by atoms with E-state index in [1.807, 2.05) is 6.07 Å². The van der Waals surface area contributed by atoms with Gasteiger partial charge < -0.3 is 0 Å². The second-order valence-electron chi connectivity index (χ2n) is 2.64. The van der Waals surface area contributed by atoms with Crippen molar-refractivity contribution in [3.63, 3.8) is 0 Å². The molecule has 0 spiro atoms. The van der Waals surface area contributed by atoms with Crippen molar-refractivity contribution in [1.82, 2.24) is 0 Å². The molecule has 1 aromatic carbocycles. The molecule has 0 aliphatic heterocycles. The highest BCUT2D eigenvalue weighted by Gasteiger charge is 2.09. The summed E-state index contributed by atoms with van der Waals surface area (Å²) in [5, 5.41) is 0.242. The molecule has 0 unspecified atom stereocenters. The third-order valence-corrected chi connectivity index (χ3v) is 2.23. The minimum Gasteiger partial charge on any atom is -0.298 e. The first kappa shape index (κ1) is 10.1. The van der Waals surface area contributed by atoms with E-state index >= 15 is 0 Å². The van der Waals surface area contributed by atoms with Crippen molar-refractivity contribution in [2.75, 3.05) is 5.33 Å². The highest BCUT2D eigenvalue weighted by molar-refractivity contribution is 9.09. The number of alkyl halides is 1. The summed E-state index contributed by atoms with van der Waals surface area (Å²) in [5.41, 5.74) is 0.594. The van der Waals surface area contributed by atoms with Gasteiger partial charge in [-0.05, 0) is 0 Å². The maximum absolute atomic E-state index is 11.4. The van der Waals surface area contributed by atoms with Gasteiger partial charge in [0.2, 0.25) is 0 Å². The Labute approximate surface area is 85.1 Å². The van der Waals surface area contributed by atoms with Crippen molar-refractivity contribution < 1.29 is 9.59 Å². The summed E-state index contributed by atoms with van der Waals surface area (Å²) in [6.07, 6.45) is -0.0186. The molecule has 0 saturated heterocycles. The number of ketones is 2. The molecule has 0 fully saturated rings. The highest BCUT2D eigenvalue weighted by atomic mass is 79.9. The number of carbonyl (C=O) groups is 2. The molecular weight excluding hydrogens is 232 g/mol. The number of benzene rings is 1. The molecule has 0 aliphatic carbocycles. The Morgan fingerprint density at radius 2 is 1.77 bits per heavy atom. The first-order valence-corrected chi connectivity index (χ1v) is 5.02. The second-order valence-corrected chi connectivity index (χ2v) is 3.20. The Balaban J connectivity index is 2.65. The van der Waals surface area contributed by atoms with Gasteiger partial charge in [0.1, 0.15) is 0 Å². The fourth-order valence-corrected chi connectivity index (χ4v) is 1.15. The quantitative estimate of drug-likeness (QED) is 0.460. The van der Waals surface area contributed by atoms with Crippen LogP contribution in [0.1, 0.15) is 16.8 Å². The van der Waals surface area contributed by atoms with E-state index in [0.29, 0.717) is 5.56 Å². The number of carbonyl (C=O) groups excluding carboxylic acids is 2. The minimum absolute atomic E-state index is 0.0186. The Kier molecular flexibility index (Phi) is 3.83. The predicted octanol–water partition coefficient (Wildman–Crippen LogP) is 2.22. The summed E-state index contributed by atoms with van der Waals surface area (Å²) in [6, 6.07) is 8.83. The largest absolute Gasteiger partial charge is 0.298 e. The SMILES string of the molecule is O=C(CBr)CC(=O)c1ccccc1. The van der Waals surface area contributed by atoms with Gasteiger partial charge in [0, 0.05) is 5.56 Å². The Bertz CT molecular complexity index is 306. The van der Waals surface area contributed by atoms with E-state index in [0.717, 1.165) is 0 Å². The summed E-state index contributed by atoms with van der Waals surface area (Å²) in [7, 11) is 0. The summed E-state index contributed by atoms with van der Waals surface area (Å²) >= 11 is 3.01. The van der Waals surface area contributed by atoms with Crippen molar-refractivity contribution in [2.24, 2.45) is 0 Å². The number of halogens is 1. The van der Waals surface area contributed by atoms with E-state index in [-0.39, 0.29) is 23.3 Å². The zero-order valence-electron chi connectivity index (χ0n) is 7.00. The Morgan fingerprint density at radius 3 is 2.31 bits per heavy atom. The topological polar surface area (TPSA) is 34.1 Å². The van der Waals surface area contributed by atoms with E-state index in [2.05, 4.69) is 15.9 Å². The highest BCUT2D eigenvalue weighted by Crippen LogP contribution is 2.03. The van der Waals surface area contributed by atoms with E-state index in [1.165, 1.54) is 0 Å². The molecular formula is C10H9BrO2. The smallest absolute Gasteiger partial charge is 0.170 e. The summed E-state index contributed by atoms with van der Waals surface area (Å²) in [6.45, 7) is 0. The first-order chi connectivity index (χ1) is 6.24. The van der Waals surface area contributed by atoms with Gasteiger partial charge in [-0.1, -0.05) is 46.3 Å². The van der Waals surface area contributed by atoms with Crippen molar-refractivity contribution in [3.8, 4) is 0 Å². The molecule has 0 N–H and O–H groups in total. The number of Topliss-reactive ketones (excluding diaryl/α,β-unsaturated/α-hetero) is 2. The van der Waals surface area contributed by atoms with Gasteiger partial charge in [-0.2, -0.15) is 0 Å². The van der Waals surface area contributed by atoms with Crippen LogP contribution in [0.4, 0.5) is 0 Å². The van der Waals surface area contributed by atoms with E-state index in [9.17, 15) is 9.59 Å². The van der Waals surface area contributed by atoms with Crippen LogP contribution in [0.25, 0.3) is 0 Å². The van der Waals surface area contributed by atoms with Gasteiger partial charge in [0.25, 0.3) is 0 Å². The van der Waals surface area contributed by atoms with Gasteiger partial charge in [-0.3, -0.25) is 9.59 Å². The van der Waals surface area contributed by atoms with Gasteiger partial charge in [-0.15, -0.1) is 0 Å². The molecule has 0 atom stereocenters. The molecule has 1 rings (SSSR count). The third-order valence-electron chi connectivity index (χ3n) is 1.60. The fraction of sp³-hybridized carbons (Fsp3) is 0.200. The van der Waals surface area contributed by atoms with Gasteiger partial charge >= 0.3 is 0 Å². The molecule has 68 valence electrons. The van der Waals surface area contributed by atoms with E-state index in [4.69, 9.17) is 0 Å². The van der Waals surface area contributed by atoms with E-state index in [1.54, 1.807) is 24.3 Å².